The van der Waals surface area contributed by atoms with Gasteiger partial charge in [0.25, 0.3) is 5.91 Å². The summed E-state index contributed by atoms with van der Waals surface area (Å²) in [6, 6.07) is 12.7. The van der Waals surface area contributed by atoms with Crippen LogP contribution < -0.4 is 9.62 Å². The predicted molar refractivity (Wildman–Crippen MR) is 163 cm³/mol. The van der Waals surface area contributed by atoms with E-state index < -0.39 is 33.5 Å². The Kier molecular flexibility index (Phi) is 8.50. The number of carbonyl (C=O) groups excluding carboxylic acids is 2. The molecule has 4 aromatic rings. The summed E-state index contributed by atoms with van der Waals surface area (Å²) in [5.41, 5.74) is 1.75. The molecule has 0 bridgehead atoms. The molecule has 1 aromatic heterocycles. The van der Waals surface area contributed by atoms with E-state index in [9.17, 15) is 31.9 Å². The van der Waals surface area contributed by atoms with E-state index in [1.165, 1.54) is 56.6 Å². The number of hydrogen-bond acceptors (Lipinski definition) is 7. The van der Waals surface area contributed by atoms with E-state index in [1.54, 1.807) is 12.1 Å². The van der Waals surface area contributed by atoms with Crippen LogP contribution in [0.25, 0.3) is 22.3 Å². The van der Waals surface area contributed by atoms with Crippen molar-refractivity contribution in [3.63, 3.8) is 0 Å². The second kappa shape index (κ2) is 12.0. The molecule has 1 saturated heterocycles. The van der Waals surface area contributed by atoms with Crippen LogP contribution in [0.2, 0.25) is 0 Å². The molecule has 232 valence electrons. The maximum absolute atomic E-state index is 14.4. The summed E-state index contributed by atoms with van der Waals surface area (Å²) in [6.07, 6.45) is 1.11. The molecule has 12 heteroatoms. The summed E-state index contributed by atoms with van der Waals surface area (Å²) in [6.45, 7) is 0.872. The number of sulfonamides is 1. The summed E-state index contributed by atoms with van der Waals surface area (Å²) in [7, 11) is 0.990. The summed E-state index contributed by atoms with van der Waals surface area (Å²) in [4.78, 5) is 28.6. The number of Topliss-reactive ketones (excluding diaryl/α,β-unsaturated/α-hetero) is 1. The number of aromatic hydroxyl groups is 1. The molecule has 2 N–H and O–H groups in total. The van der Waals surface area contributed by atoms with Gasteiger partial charge in [-0.05, 0) is 67.4 Å². The third-order valence-corrected chi connectivity index (χ3v) is 9.40. The zero-order valence-corrected chi connectivity index (χ0v) is 25.5. The SMILES string of the molecule is CNC(=O)c1c(-c2ccc(F)cc2)oc2cc(N(C)S(C)(=O)=O)c(C3CC(C(=O)Cc4c(O)cccc4F)CN(C)C3)cc12. The molecule has 1 amide bonds. The van der Waals surface area contributed by atoms with Gasteiger partial charge in [0, 0.05) is 62.1 Å². The van der Waals surface area contributed by atoms with E-state index >= 15 is 0 Å². The number of ketones is 1. The summed E-state index contributed by atoms with van der Waals surface area (Å²) < 4.78 is 60.9. The van der Waals surface area contributed by atoms with Crippen LogP contribution in [0, 0.1) is 17.6 Å². The van der Waals surface area contributed by atoms with Crippen molar-refractivity contribution in [3.8, 4) is 17.1 Å². The van der Waals surface area contributed by atoms with Gasteiger partial charge in [0.05, 0.1) is 17.5 Å². The van der Waals surface area contributed by atoms with Gasteiger partial charge in [-0.2, -0.15) is 0 Å². The van der Waals surface area contributed by atoms with Gasteiger partial charge in [-0.3, -0.25) is 13.9 Å². The normalized spacial score (nSPS) is 17.5. The first kappa shape index (κ1) is 31.1. The van der Waals surface area contributed by atoms with Crippen molar-refractivity contribution >= 4 is 38.4 Å². The van der Waals surface area contributed by atoms with Crippen LogP contribution in [0.1, 0.15) is 33.8 Å². The number of piperidine rings is 1. The van der Waals surface area contributed by atoms with Gasteiger partial charge in [-0.15, -0.1) is 0 Å². The van der Waals surface area contributed by atoms with Gasteiger partial charge in [-0.25, -0.2) is 17.2 Å². The number of halogens is 2. The molecule has 1 fully saturated rings. The van der Waals surface area contributed by atoms with Crippen molar-refractivity contribution in [2.45, 2.75) is 18.8 Å². The van der Waals surface area contributed by atoms with Crippen LogP contribution in [-0.4, -0.2) is 70.6 Å². The van der Waals surface area contributed by atoms with Crippen molar-refractivity contribution in [1.29, 1.82) is 0 Å². The number of furan rings is 1. The molecule has 1 aliphatic rings. The average molecular weight is 626 g/mol. The van der Waals surface area contributed by atoms with Crippen LogP contribution in [0.3, 0.4) is 0 Å². The number of benzene rings is 3. The molecule has 3 aromatic carbocycles. The summed E-state index contributed by atoms with van der Waals surface area (Å²) in [5, 5.41) is 13.2. The molecule has 0 saturated carbocycles. The number of likely N-dealkylation sites (tertiary alicyclic amines) is 1. The van der Waals surface area contributed by atoms with Gasteiger partial charge < -0.3 is 19.7 Å². The lowest BCUT2D eigenvalue weighted by Gasteiger charge is -2.37. The molecule has 1 aliphatic heterocycles. The maximum Gasteiger partial charge on any atom is 0.255 e. The topological polar surface area (TPSA) is 120 Å². The van der Waals surface area contributed by atoms with Crippen molar-refractivity contribution in [2.24, 2.45) is 5.92 Å². The fourth-order valence-corrected chi connectivity index (χ4v) is 6.42. The molecule has 2 atom stereocenters. The molecule has 0 radical (unpaired) electrons. The minimum Gasteiger partial charge on any atom is -0.508 e. The van der Waals surface area contributed by atoms with Gasteiger partial charge >= 0.3 is 0 Å². The first-order valence-electron chi connectivity index (χ1n) is 14.0. The molecule has 5 rings (SSSR count). The number of carbonyl (C=O) groups is 2. The lowest BCUT2D eigenvalue weighted by molar-refractivity contribution is -0.124. The molecule has 0 spiro atoms. The van der Waals surface area contributed by atoms with Crippen LogP contribution in [0.4, 0.5) is 14.5 Å². The van der Waals surface area contributed by atoms with Crippen molar-refractivity contribution in [1.82, 2.24) is 10.2 Å². The molecule has 44 heavy (non-hydrogen) atoms. The molecule has 2 unspecified atom stereocenters. The standard InChI is InChI=1S/C32H33F2N3O6S/c1-35-32(40)30-24-13-22(19-12-20(17-36(2)16-19)28(39)14-23-25(34)6-5-7-27(23)38)26(37(3)44(4,41)42)15-29(24)43-31(30)18-8-10-21(33)11-9-18/h5-11,13,15,19-20,38H,12,14,16-17H2,1-4H3,(H,35,40). The Bertz CT molecular complexity index is 1840. The van der Waals surface area contributed by atoms with Gasteiger partial charge in [0.15, 0.2) is 0 Å². The number of phenols is 1. The molecule has 2 heterocycles. The van der Waals surface area contributed by atoms with Gasteiger partial charge in [-0.1, -0.05) is 6.07 Å². The van der Waals surface area contributed by atoms with E-state index in [-0.39, 0.29) is 46.3 Å². The summed E-state index contributed by atoms with van der Waals surface area (Å²) >= 11 is 0. The monoisotopic (exact) mass is 625 g/mol. The highest BCUT2D eigenvalue weighted by atomic mass is 32.2. The Balaban J connectivity index is 1.63. The van der Waals surface area contributed by atoms with E-state index in [0.29, 0.717) is 41.7 Å². The highest BCUT2D eigenvalue weighted by Gasteiger charge is 2.35. The number of fused-ring (bicyclic) bond motifs is 1. The van der Waals surface area contributed by atoms with Gasteiger partial charge in [0.2, 0.25) is 10.0 Å². The quantitative estimate of drug-likeness (QED) is 0.292. The first-order valence-corrected chi connectivity index (χ1v) is 15.8. The zero-order chi connectivity index (χ0) is 31.9. The smallest absolute Gasteiger partial charge is 0.255 e. The number of anilines is 1. The molecule has 9 nitrogen and oxygen atoms in total. The lowest BCUT2D eigenvalue weighted by atomic mass is 9.80. The molecular formula is C32H33F2N3O6S. The second-order valence-corrected chi connectivity index (χ2v) is 13.3. The fourth-order valence-electron chi connectivity index (χ4n) is 5.90. The number of amides is 1. The first-order chi connectivity index (χ1) is 20.8. The van der Waals surface area contributed by atoms with Crippen LogP contribution >= 0.6 is 0 Å². The molecular weight excluding hydrogens is 592 g/mol. The highest BCUT2D eigenvalue weighted by molar-refractivity contribution is 7.92. The second-order valence-electron chi connectivity index (χ2n) is 11.3. The number of nitrogens with one attached hydrogen (secondary N) is 1. The third-order valence-electron chi connectivity index (χ3n) is 8.21. The Morgan fingerprint density at radius 1 is 1.11 bits per heavy atom. The Morgan fingerprint density at radius 2 is 1.82 bits per heavy atom. The van der Waals surface area contributed by atoms with Crippen LogP contribution in [0.5, 0.6) is 5.75 Å². The fraction of sp³-hybridized carbons (Fsp3) is 0.312. The van der Waals surface area contributed by atoms with Crippen molar-refractivity contribution in [3.05, 3.63) is 82.9 Å². The van der Waals surface area contributed by atoms with Gasteiger partial charge in [0.1, 0.15) is 34.5 Å². The highest BCUT2D eigenvalue weighted by Crippen LogP contribution is 2.43. The third kappa shape index (κ3) is 6.04. The molecule has 0 aliphatic carbocycles. The number of nitrogens with zero attached hydrogens (tertiary/aromatic N) is 2. The number of likely N-dealkylation sites (N-methyl/N-ethyl adjacent to an activating group) is 1. The average Bonchev–Trinajstić information content (AvgIpc) is 3.35. The Morgan fingerprint density at radius 3 is 2.45 bits per heavy atom. The Labute approximate surface area is 254 Å². The maximum atomic E-state index is 14.4. The van der Waals surface area contributed by atoms with E-state index in [1.807, 2.05) is 11.9 Å². The van der Waals surface area contributed by atoms with Crippen molar-refractivity contribution in [2.75, 3.05) is 44.8 Å². The van der Waals surface area contributed by atoms with Crippen LogP contribution in [0.15, 0.2) is 59.0 Å². The Hall–Kier alpha value is -4.29. The number of rotatable bonds is 8. The summed E-state index contributed by atoms with van der Waals surface area (Å²) in [5.74, 6) is -2.82. The minimum absolute atomic E-state index is 0.0665. The minimum atomic E-state index is -3.74. The zero-order valence-electron chi connectivity index (χ0n) is 24.7. The number of hydrogen-bond donors (Lipinski definition) is 2. The van der Waals surface area contributed by atoms with Crippen LogP contribution in [-0.2, 0) is 21.2 Å². The number of phenolic OH excluding ortho intramolecular Hbond substituents is 1. The van der Waals surface area contributed by atoms with E-state index in [4.69, 9.17) is 4.42 Å². The van der Waals surface area contributed by atoms with E-state index in [0.717, 1.165) is 10.6 Å². The predicted octanol–water partition coefficient (Wildman–Crippen LogP) is 4.69. The van der Waals surface area contributed by atoms with E-state index in [2.05, 4.69) is 5.32 Å². The largest absolute Gasteiger partial charge is 0.508 e. The lowest BCUT2D eigenvalue weighted by Crippen LogP contribution is -2.41. The van der Waals surface area contributed by atoms with Crippen molar-refractivity contribution < 1.29 is 36.3 Å².